The predicted molar refractivity (Wildman–Crippen MR) is 106 cm³/mol. The van der Waals surface area contributed by atoms with Crippen molar-refractivity contribution in [2.45, 2.75) is 34.2 Å². The normalized spacial score (nSPS) is 11.0. The number of ether oxygens (including phenoxy) is 1. The van der Waals surface area contributed by atoms with Crippen LogP contribution in [0.2, 0.25) is 0 Å². The molecule has 2 aromatic rings. The summed E-state index contributed by atoms with van der Waals surface area (Å²) in [6.07, 6.45) is 1.33. The molecule has 0 radical (unpaired) electrons. The number of nitrogens with zero attached hydrogens (tertiary/aromatic N) is 2. The molecule has 7 nitrogen and oxygen atoms in total. The fraction of sp³-hybridized carbons (Fsp3) is 0.476. The molecule has 28 heavy (non-hydrogen) atoms. The third-order valence-electron chi connectivity index (χ3n) is 3.97. The summed E-state index contributed by atoms with van der Waals surface area (Å²) in [4.78, 5) is 31.0. The van der Waals surface area contributed by atoms with Gasteiger partial charge in [-0.05, 0) is 30.0 Å². The molecule has 2 amide bonds. The second-order valence-corrected chi connectivity index (χ2v) is 7.54. The van der Waals surface area contributed by atoms with Crippen molar-refractivity contribution in [3.8, 4) is 5.75 Å². The Balaban J connectivity index is 2.14. The molecule has 0 aliphatic carbocycles. The van der Waals surface area contributed by atoms with Crippen molar-refractivity contribution < 1.29 is 18.7 Å². The maximum Gasteiger partial charge on any atom is 0.273 e. The molecule has 0 unspecified atom stereocenters. The fourth-order valence-electron chi connectivity index (χ4n) is 2.64. The van der Waals surface area contributed by atoms with Crippen LogP contribution in [0.15, 0.2) is 34.9 Å². The maximum absolute atomic E-state index is 13.0. The Hall–Kier alpha value is -2.83. The van der Waals surface area contributed by atoms with Gasteiger partial charge in [0.05, 0.1) is 13.7 Å². The third kappa shape index (κ3) is 6.11. The van der Waals surface area contributed by atoms with E-state index in [2.05, 4.69) is 10.3 Å². The zero-order chi connectivity index (χ0) is 20.7. The molecule has 0 saturated heterocycles. The van der Waals surface area contributed by atoms with Gasteiger partial charge in [0.25, 0.3) is 11.8 Å². The highest BCUT2D eigenvalue weighted by Gasteiger charge is 2.21. The number of hydrogen-bond donors (Lipinski definition) is 1. The number of carbonyl (C=O) groups excluding carboxylic acids is 2. The van der Waals surface area contributed by atoms with Gasteiger partial charge in [0, 0.05) is 18.7 Å². The van der Waals surface area contributed by atoms with Crippen LogP contribution in [-0.2, 0) is 6.54 Å². The lowest BCUT2D eigenvalue weighted by Gasteiger charge is -2.23. The van der Waals surface area contributed by atoms with E-state index >= 15 is 0 Å². The van der Waals surface area contributed by atoms with E-state index in [9.17, 15) is 9.59 Å². The number of nitrogens with one attached hydrogen (secondary N) is 1. The first-order valence-electron chi connectivity index (χ1n) is 9.46. The Bertz CT molecular complexity index is 798. The molecule has 0 spiro atoms. The van der Waals surface area contributed by atoms with Gasteiger partial charge in [0.2, 0.25) is 5.89 Å². The van der Waals surface area contributed by atoms with Crippen LogP contribution in [-0.4, -0.2) is 41.9 Å². The largest absolute Gasteiger partial charge is 0.497 e. The zero-order valence-corrected chi connectivity index (χ0v) is 17.2. The molecule has 1 aromatic carbocycles. The van der Waals surface area contributed by atoms with Gasteiger partial charge in [-0.1, -0.05) is 33.8 Å². The van der Waals surface area contributed by atoms with Gasteiger partial charge in [0.15, 0.2) is 5.69 Å². The quantitative estimate of drug-likeness (QED) is 0.713. The van der Waals surface area contributed by atoms with Crippen LogP contribution in [0.1, 0.15) is 54.4 Å². The van der Waals surface area contributed by atoms with Crippen LogP contribution in [0.4, 0.5) is 0 Å². The van der Waals surface area contributed by atoms with Gasteiger partial charge in [-0.15, -0.1) is 0 Å². The number of methoxy groups -OCH3 is 1. The van der Waals surface area contributed by atoms with Crippen molar-refractivity contribution in [2.24, 2.45) is 11.8 Å². The topological polar surface area (TPSA) is 84.7 Å². The van der Waals surface area contributed by atoms with E-state index in [1.54, 1.807) is 36.3 Å². The summed E-state index contributed by atoms with van der Waals surface area (Å²) < 4.78 is 10.7. The van der Waals surface area contributed by atoms with E-state index in [1.807, 2.05) is 27.7 Å². The van der Waals surface area contributed by atoms with E-state index in [1.165, 1.54) is 6.26 Å². The maximum atomic E-state index is 13.0. The summed E-state index contributed by atoms with van der Waals surface area (Å²) in [5.74, 6) is 1.13. The molecule has 0 aliphatic rings. The highest BCUT2D eigenvalue weighted by atomic mass is 16.5. The molecule has 0 atom stereocenters. The van der Waals surface area contributed by atoms with Crippen LogP contribution in [0.25, 0.3) is 0 Å². The van der Waals surface area contributed by atoms with Gasteiger partial charge in [-0.2, -0.15) is 0 Å². The van der Waals surface area contributed by atoms with Crippen LogP contribution in [0.5, 0.6) is 5.75 Å². The SMILES string of the molecule is COc1cccc(C(=O)N(Cc2nc(C(=O)NCC(C)C)co2)CC(C)C)c1. The first-order chi connectivity index (χ1) is 13.3. The minimum Gasteiger partial charge on any atom is -0.497 e. The second-order valence-electron chi connectivity index (χ2n) is 7.54. The van der Waals surface area contributed by atoms with Gasteiger partial charge >= 0.3 is 0 Å². The molecule has 0 bridgehead atoms. The summed E-state index contributed by atoms with van der Waals surface area (Å²) in [7, 11) is 1.56. The zero-order valence-electron chi connectivity index (χ0n) is 17.2. The number of benzene rings is 1. The van der Waals surface area contributed by atoms with Crippen molar-refractivity contribution in [2.75, 3.05) is 20.2 Å². The van der Waals surface area contributed by atoms with Crippen LogP contribution >= 0.6 is 0 Å². The lowest BCUT2D eigenvalue weighted by atomic mass is 10.1. The molecule has 2 rings (SSSR count). The average molecular weight is 387 g/mol. The summed E-state index contributed by atoms with van der Waals surface area (Å²) in [5, 5.41) is 2.80. The van der Waals surface area contributed by atoms with E-state index in [4.69, 9.17) is 9.15 Å². The van der Waals surface area contributed by atoms with Crippen molar-refractivity contribution >= 4 is 11.8 Å². The predicted octanol–water partition coefficient (Wildman–Crippen LogP) is 3.37. The highest BCUT2D eigenvalue weighted by Crippen LogP contribution is 2.17. The van der Waals surface area contributed by atoms with Crippen LogP contribution < -0.4 is 10.1 Å². The van der Waals surface area contributed by atoms with E-state index in [0.29, 0.717) is 36.2 Å². The Labute approximate surface area is 166 Å². The van der Waals surface area contributed by atoms with Crippen molar-refractivity contribution in [1.82, 2.24) is 15.2 Å². The third-order valence-corrected chi connectivity index (χ3v) is 3.97. The summed E-state index contributed by atoms with van der Waals surface area (Å²) >= 11 is 0. The molecular weight excluding hydrogens is 358 g/mol. The molecular formula is C21H29N3O4. The van der Waals surface area contributed by atoms with E-state index in [0.717, 1.165) is 0 Å². The smallest absolute Gasteiger partial charge is 0.273 e. The number of hydrogen-bond acceptors (Lipinski definition) is 5. The molecule has 0 fully saturated rings. The number of rotatable bonds is 9. The molecule has 1 N–H and O–H groups in total. The first kappa shape index (κ1) is 21.5. The summed E-state index contributed by atoms with van der Waals surface area (Å²) in [6, 6.07) is 7.02. The molecule has 1 heterocycles. The van der Waals surface area contributed by atoms with E-state index in [-0.39, 0.29) is 30.0 Å². The Morgan fingerprint density at radius 2 is 1.96 bits per heavy atom. The molecule has 0 aliphatic heterocycles. The minimum absolute atomic E-state index is 0.142. The molecule has 152 valence electrons. The lowest BCUT2D eigenvalue weighted by Crippen LogP contribution is -2.34. The van der Waals surface area contributed by atoms with Gasteiger partial charge in [0.1, 0.15) is 12.0 Å². The fourth-order valence-corrected chi connectivity index (χ4v) is 2.64. The summed E-state index contributed by atoms with van der Waals surface area (Å²) in [5.41, 5.74) is 0.746. The van der Waals surface area contributed by atoms with Crippen molar-refractivity contribution in [1.29, 1.82) is 0 Å². The van der Waals surface area contributed by atoms with Crippen molar-refractivity contribution in [3.05, 3.63) is 47.7 Å². The van der Waals surface area contributed by atoms with Crippen LogP contribution in [0, 0.1) is 11.8 Å². The van der Waals surface area contributed by atoms with Crippen LogP contribution in [0.3, 0.4) is 0 Å². The molecule has 0 saturated carbocycles. The van der Waals surface area contributed by atoms with Gasteiger partial charge < -0.3 is 19.4 Å². The monoisotopic (exact) mass is 387 g/mol. The average Bonchev–Trinajstić information content (AvgIpc) is 3.13. The number of amides is 2. The Kier molecular flexibility index (Phi) is 7.61. The highest BCUT2D eigenvalue weighted by molar-refractivity contribution is 5.94. The summed E-state index contributed by atoms with van der Waals surface area (Å²) in [6.45, 7) is 9.39. The second kappa shape index (κ2) is 9.92. The minimum atomic E-state index is -0.279. The number of oxazole rings is 1. The van der Waals surface area contributed by atoms with E-state index < -0.39 is 0 Å². The number of aromatic nitrogens is 1. The van der Waals surface area contributed by atoms with Crippen molar-refractivity contribution in [3.63, 3.8) is 0 Å². The van der Waals surface area contributed by atoms with Gasteiger partial charge in [-0.25, -0.2) is 4.98 Å². The standard InChI is InChI=1S/C21H29N3O4/c1-14(2)10-22-20(25)18-13-28-19(23-18)12-24(11-15(3)4)21(26)16-7-6-8-17(9-16)27-5/h6-9,13-15H,10-12H2,1-5H3,(H,22,25). The van der Waals surface area contributed by atoms with Gasteiger partial charge in [-0.3, -0.25) is 9.59 Å². The molecule has 1 aromatic heterocycles. The molecule has 7 heteroatoms. The Morgan fingerprint density at radius 3 is 2.61 bits per heavy atom. The number of carbonyl (C=O) groups is 2. The first-order valence-corrected chi connectivity index (χ1v) is 9.46. The lowest BCUT2D eigenvalue weighted by molar-refractivity contribution is 0.0706. The Morgan fingerprint density at radius 1 is 1.21 bits per heavy atom.